The third-order valence-corrected chi connectivity index (χ3v) is 4.99. The van der Waals surface area contributed by atoms with Crippen molar-refractivity contribution < 1.29 is 5.11 Å². The summed E-state index contributed by atoms with van der Waals surface area (Å²) in [5.74, 6) is 1.37. The topological polar surface area (TPSA) is 59.1 Å². The molecule has 1 aliphatic rings. The van der Waals surface area contributed by atoms with Gasteiger partial charge in [-0.15, -0.1) is 0 Å². The zero-order valence-electron chi connectivity index (χ0n) is 10.8. The summed E-state index contributed by atoms with van der Waals surface area (Å²) in [4.78, 5) is 5.04. The second-order valence-electron chi connectivity index (χ2n) is 5.72. The summed E-state index contributed by atoms with van der Waals surface area (Å²) in [6, 6.07) is 0. The molecular weight excluding hydrogens is 232 g/mol. The average Bonchev–Trinajstić information content (AvgIpc) is 2.64. The van der Waals surface area contributed by atoms with Crippen molar-refractivity contribution in [1.29, 1.82) is 0 Å². The molecule has 17 heavy (non-hydrogen) atoms. The fraction of sp³-hybridized carbons (Fsp3) is 0.769. The molecule has 0 radical (unpaired) electrons. The molecule has 0 bridgehead atoms. The first-order chi connectivity index (χ1) is 7.93. The first-order valence-electron chi connectivity index (χ1n) is 6.37. The Hall–Kier alpha value is -0.610. The number of hydrogen-bond acceptors (Lipinski definition) is 4. The largest absolute Gasteiger partial charge is 0.384 e. The summed E-state index contributed by atoms with van der Waals surface area (Å²) in [5.41, 5.74) is 4.98. The number of aliphatic hydroxyl groups is 1. The van der Waals surface area contributed by atoms with Gasteiger partial charge in [-0.1, -0.05) is 38.5 Å². The fourth-order valence-electron chi connectivity index (χ4n) is 3.14. The molecule has 96 valence electrons. The number of anilines is 1. The van der Waals surface area contributed by atoms with E-state index in [2.05, 4.69) is 25.8 Å². The van der Waals surface area contributed by atoms with Gasteiger partial charge in [0.2, 0.25) is 0 Å². The molecule has 0 aliphatic heterocycles. The lowest BCUT2D eigenvalue weighted by molar-refractivity contribution is -0.0839. The number of aromatic nitrogens is 1. The van der Waals surface area contributed by atoms with Crippen molar-refractivity contribution in [1.82, 2.24) is 4.98 Å². The molecule has 3 unspecified atom stereocenters. The van der Waals surface area contributed by atoms with E-state index in [4.69, 9.17) is 5.73 Å². The van der Waals surface area contributed by atoms with E-state index < -0.39 is 5.60 Å². The van der Waals surface area contributed by atoms with Crippen LogP contribution in [0.1, 0.15) is 44.9 Å². The highest BCUT2D eigenvalue weighted by atomic mass is 32.1. The zero-order chi connectivity index (χ0) is 12.6. The maximum Gasteiger partial charge on any atom is 0.180 e. The van der Waals surface area contributed by atoms with Gasteiger partial charge in [0.1, 0.15) is 5.60 Å². The van der Waals surface area contributed by atoms with Crippen molar-refractivity contribution in [2.75, 3.05) is 5.73 Å². The van der Waals surface area contributed by atoms with Crippen LogP contribution in [0.15, 0.2) is 6.20 Å². The van der Waals surface area contributed by atoms with Gasteiger partial charge in [-0.3, -0.25) is 0 Å². The highest BCUT2D eigenvalue weighted by molar-refractivity contribution is 7.15. The molecule has 1 aromatic rings. The standard InChI is InChI=1S/C13H22N2OS/c1-8(2)10-5-4-9(3)6-13(10,16)11-7-15-12(14)17-11/h7-10,16H,4-6H2,1-3H3,(H2,14,15). The number of thiazole rings is 1. The van der Waals surface area contributed by atoms with E-state index in [0.717, 1.165) is 17.7 Å². The Labute approximate surface area is 107 Å². The molecule has 0 saturated heterocycles. The number of rotatable bonds is 2. The van der Waals surface area contributed by atoms with Gasteiger partial charge < -0.3 is 10.8 Å². The maximum absolute atomic E-state index is 11.1. The number of nitrogen functional groups attached to an aromatic ring is 1. The maximum atomic E-state index is 11.1. The van der Waals surface area contributed by atoms with Gasteiger partial charge >= 0.3 is 0 Å². The van der Waals surface area contributed by atoms with Gasteiger partial charge in [-0.25, -0.2) is 4.98 Å². The predicted octanol–water partition coefficient (Wildman–Crippen LogP) is 3.01. The van der Waals surface area contributed by atoms with E-state index in [-0.39, 0.29) is 0 Å². The Bertz CT molecular complexity index is 391. The van der Waals surface area contributed by atoms with Crippen molar-refractivity contribution in [3.63, 3.8) is 0 Å². The third kappa shape index (κ3) is 2.33. The van der Waals surface area contributed by atoms with Crippen LogP contribution in [0.3, 0.4) is 0 Å². The molecule has 1 saturated carbocycles. The summed E-state index contributed by atoms with van der Waals surface area (Å²) in [6.45, 7) is 6.60. The average molecular weight is 254 g/mol. The van der Waals surface area contributed by atoms with Crippen molar-refractivity contribution in [3.8, 4) is 0 Å². The molecule has 3 nitrogen and oxygen atoms in total. The van der Waals surface area contributed by atoms with Gasteiger partial charge in [-0.2, -0.15) is 0 Å². The minimum atomic E-state index is -0.721. The Morgan fingerprint density at radius 2 is 2.24 bits per heavy atom. The van der Waals surface area contributed by atoms with Crippen LogP contribution in [0.25, 0.3) is 0 Å². The van der Waals surface area contributed by atoms with E-state index in [1.165, 1.54) is 17.8 Å². The third-order valence-electron chi connectivity index (χ3n) is 4.00. The first kappa shape index (κ1) is 12.8. The van der Waals surface area contributed by atoms with E-state index in [9.17, 15) is 5.11 Å². The summed E-state index contributed by atoms with van der Waals surface area (Å²) in [6.07, 6.45) is 4.89. The predicted molar refractivity (Wildman–Crippen MR) is 71.8 cm³/mol. The quantitative estimate of drug-likeness (QED) is 0.853. The number of nitrogens with two attached hydrogens (primary N) is 1. The second kappa shape index (κ2) is 4.58. The van der Waals surface area contributed by atoms with Gasteiger partial charge in [0.05, 0.1) is 4.88 Å². The van der Waals surface area contributed by atoms with E-state index >= 15 is 0 Å². The summed E-state index contributed by atoms with van der Waals surface area (Å²) < 4.78 is 0. The molecule has 1 aromatic heterocycles. The Balaban J connectivity index is 2.35. The van der Waals surface area contributed by atoms with Crippen LogP contribution in [-0.4, -0.2) is 10.1 Å². The van der Waals surface area contributed by atoms with E-state index in [1.807, 2.05) is 0 Å². The smallest absolute Gasteiger partial charge is 0.180 e. The molecule has 4 heteroatoms. The number of hydrogen-bond donors (Lipinski definition) is 2. The lowest BCUT2D eigenvalue weighted by atomic mass is 9.66. The minimum Gasteiger partial charge on any atom is -0.384 e. The first-order valence-corrected chi connectivity index (χ1v) is 7.19. The normalized spacial score (nSPS) is 34.2. The molecule has 0 spiro atoms. The van der Waals surface area contributed by atoms with Crippen LogP contribution in [0, 0.1) is 17.8 Å². The van der Waals surface area contributed by atoms with Gasteiger partial charge in [0, 0.05) is 6.20 Å². The molecule has 0 amide bonds. The summed E-state index contributed by atoms with van der Waals surface area (Å²) in [5, 5.41) is 11.6. The van der Waals surface area contributed by atoms with Gasteiger partial charge in [-0.05, 0) is 30.6 Å². The molecular formula is C13H22N2OS. The molecule has 2 rings (SSSR count). The van der Waals surface area contributed by atoms with E-state index in [1.54, 1.807) is 6.20 Å². The van der Waals surface area contributed by atoms with Crippen LogP contribution < -0.4 is 5.73 Å². The van der Waals surface area contributed by atoms with Crippen LogP contribution in [0.4, 0.5) is 5.13 Å². The van der Waals surface area contributed by atoms with Crippen molar-refractivity contribution in [2.24, 2.45) is 17.8 Å². The Kier molecular flexibility index (Phi) is 3.46. The van der Waals surface area contributed by atoms with Gasteiger partial charge in [0.15, 0.2) is 5.13 Å². The van der Waals surface area contributed by atoms with Crippen LogP contribution in [-0.2, 0) is 5.60 Å². The zero-order valence-corrected chi connectivity index (χ0v) is 11.6. The summed E-state index contributed by atoms with van der Waals surface area (Å²) >= 11 is 1.43. The molecule has 1 aliphatic carbocycles. The highest BCUT2D eigenvalue weighted by Crippen LogP contribution is 2.48. The highest BCUT2D eigenvalue weighted by Gasteiger charge is 2.45. The fourth-order valence-corrected chi connectivity index (χ4v) is 3.99. The van der Waals surface area contributed by atoms with E-state index in [0.29, 0.717) is 22.9 Å². The molecule has 1 fully saturated rings. The lowest BCUT2D eigenvalue weighted by Crippen LogP contribution is -2.42. The minimum absolute atomic E-state index is 0.318. The molecule has 3 N–H and O–H groups in total. The second-order valence-corrected chi connectivity index (χ2v) is 6.79. The van der Waals surface area contributed by atoms with Crippen molar-refractivity contribution in [3.05, 3.63) is 11.1 Å². The van der Waals surface area contributed by atoms with Gasteiger partial charge in [0.25, 0.3) is 0 Å². The number of nitrogens with zero attached hydrogens (tertiary/aromatic N) is 1. The monoisotopic (exact) mass is 254 g/mol. The summed E-state index contributed by atoms with van der Waals surface area (Å²) in [7, 11) is 0. The molecule has 1 heterocycles. The lowest BCUT2D eigenvalue weighted by Gasteiger charge is -2.44. The van der Waals surface area contributed by atoms with Crippen LogP contribution >= 0.6 is 11.3 Å². The van der Waals surface area contributed by atoms with Crippen molar-refractivity contribution >= 4 is 16.5 Å². The molecule has 0 aromatic carbocycles. The van der Waals surface area contributed by atoms with Crippen molar-refractivity contribution in [2.45, 2.75) is 45.6 Å². The van der Waals surface area contributed by atoms with Crippen LogP contribution in [0.2, 0.25) is 0 Å². The Morgan fingerprint density at radius 1 is 1.53 bits per heavy atom. The SMILES string of the molecule is CC1CCC(C(C)C)C(O)(c2cnc(N)s2)C1. The van der Waals surface area contributed by atoms with Crippen LogP contribution in [0.5, 0.6) is 0 Å². The molecule has 3 atom stereocenters. The Morgan fingerprint density at radius 3 is 2.76 bits per heavy atom.